The summed E-state index contributed by atoms with van der Waals surface area (Å²) in [7, 11) is 0. The quantitative estimate of drug-likeness (QED) is 0.762. The Bertz CT molecular complexity index is 378. The second kappa shape index (κ2) is 8.80. The van der Waals surface area contributed by atoms with Crippen LogP contribution in [-0.4, -0.2) is 29.6 Å². The minimum atomic E-state index is -0.553. The Morgan fingerprint density at radius 2 is 1.74 bits per heavy atom. The van der Waals surface area contributed by atoms with E-state index in [1.807, 2.05) is 12.1 Å². The maximum atomic E-state index is 10.2. The van der Waals surface area contributed by atoms with E-state index in [9.17, 15) is 5.11 Å². The molecule has 0 aliphatic heterocycles. The van der Waals surface area contributed by atoms with Gasteiger partial charge in [-0.15, -0.1) is 0 Å². The Morgan fingerprint density at radius 1 is 1.11 bits per heavy atom. The molecule has 0 heterocycles. The summed E-state index contributed by atoms with van der Waals surface area (Å²) in [6, 6.07) is 5.39. The first kappa shape index (κ1) is 16.8. The van der Waals surface area contributed by atoms with Crippen LogP contribution in [0.5, 0.6) is 0 Å². The molecule has 19 heavy (non-hydrogen) atoms. The number of rotatable bonds is 8. The summed E-state index contributed by atoms with van der Waals surface area (Å²) in [6.45, 7) is 7.37. The second-order valence-corrected chi connectivity index (χ2v) is 5.57. The van der Waals surface area contributed by atoms with Gasteiger partial charge < -0.3 is 10.0 Å². The first-order chi connectivity index (χ1) is 9.10. The van der Waals surface area contributed by atoms with Crippen molar-refractivity contribution in [3.63, 3.8) is 0 Å². The van der Waals surface area contributed by atoms with E-state index >= 15 is 0 Å². The van der Waals surface area contributed by atoms with Crippen molar-refractivity contribution in [2.24, 2.45) is 0 Å². The van der Waals surface area contributed by atoms with E-state index in [0.717, 1.165) is 38.0 Å². The van der Waals surface area contributed by atoms with Crippen molar-refractivity contribution >= 4 is 23.2 Å². The lowest BCUT2D eigenvalue weighted by molar-refractivity contribution is 0.142. The second-order valence-electron chi connectivity index (χ2n) is 4.79. The summed E-state index contributed by atoms with van der Waals surface area (Å²) >= 11 is 12.1. The van der Waals surface area contributed by atoms with Gasteiger partial charge in [0.2, 0.25) is 0 Å². The number of benzene rings is 1. The molecule has 1 aromatic carbocycles. The summed E-state index contributed by atoms with van der Waals surface area (Å²) < 4.78 is 0. The molecule has 0 bridgehead atoms. The van der Waals surface area contributed by atoms with Gasteiger partial charge in [-0.1, -0.05) is 49.2 Å². The lowest BCUT2D eigenvalue weighted by Gasteiger charge is -2.23. The van der Waals surface area contributed by atoms with Crippen LogP contribution in [0.4, 0.5) is 0 Å². The molecule has 1 N–H and O–H groups in total. The van der Waals surface area contributed by atoms with Crippen molar-refractivity contribution in [3.8, 4) is 0 Å². The van der Waals surface area contributed by atoms with Gasteiger partial charge in [0.1, 0.15) is 0 Å². The topological polar surface area (TPSA) is 23.5 Å². The monoisotopic (exact) mass is 303 g/mol. The maximum absolute atomic E-state index is 10.2. The molecule has 1 unspecified atom stereocenters. The first-order valence-corrected chi connectivity index (χ1v) is 7.70. The number of halogens is 2. The number of aliphatic hydroxyl groups excluding tert-OH is 1. The summed E-state index contributed by atoms with van der Waals surface area (Å²) in [5.74, 6) is 0. The van der Waals surface area contributed by atoms with Crippen LogP contribution in [0.1, 0.15) is 44.8 Å². The highest BCUT2D eigenvalue weighted by Gasteiger charge is 2.14. The highest BCUT2D eigenvalue weighted by molar-refractivity contribution is 6.42. The van der Waals surface area contributed by atoms with Gasteiger partial charge in [-0.25, -0.2) is 0 Å². The fraction of sp³-hybridized carbons (Fsp3) is 0.600. The van der Waals surface area contributed by atoms with E-state index in [4.69, 9.17) is 23.2 Å². The van der Waals surface area contributed by atoms with Crippen molar-refractivity contribution < 1.29 is 5.11 Å². The average Bonchev–Trinajstić information content (AvgIpc) is 2.39. The van der Waals surface area contributed by atoms with E-state index in [2.05, 4.69) is 18.7 Å². The molecule has 0 aromatic heterocycles. The van der Waals surface area contributed by atoms with Gasteiger partial charge in [-0.05, 0) is 38.4 Å². The van der Waals surface area contributed by atoms with E-state index in [1.165, 1.54) is 0 Å². The smallest absolute Gasteiger partial charge is 0.0817 e. The SMILES string of the molecule is CCCN(CCC)CCC(O)c1cccc(Cl)c1Cl. The lowest BCUT2D eigenvalue weighted by Crippen LogP contribution is -2.27. The standard InChI is InChI=1S/C15H23Cl2NO/c1-3-9-18(10-4-2)11-8-14(19)12-6-5-7-13(16)15(12)17/h5-7,14,19H,3-4,8-11H2,1-2H3. The van der Waals surface area contributed by atoms with Crippen molar-refractivity contribution in [2.45, 2.75) is 39.2 Å². The van der Waals surface area contributed by atoms with Crippen molar-refractivity contribution in [1.82, 2.24) is 4.90 Å². The molecule has 108 valence electrons. The van der Waals surface area contributed by atoms with E-state index in [-0.39, 0.29) is 0 Å². The molecule has 1 atom stereocenters. The van der Waals surface area contributed by atoms with Crippen LogP contribution in [-0.2, 0) is 0 Å². The van der Waals surface area contributed by atoms with Gasteiger partial charge in [-0.2, -0.15) is 0 Å². The molecule has 0 aliphatic rings. The third kappa shape index (κ3) is 5.31. The summed E-state index contributed by atoms with van der Waals surface area (Å²) in [5, 5.41) is 11.2. The Kier molecular flexibility index (Phi) is 7.77. The van der Waals surface area contributed by atoms with Crippen LogP contribution in [0.2, 0.25) is 10.0 Å². The maximum Gasteiger partial charge on any atom is 0.0817 e. The van der Waals surface area contributed by atoms with Gasteiger partial charge in [0, 0.05) is 12.1 Å². The molecule has 0 aliphatic carbocycles. The molecule has 0 amide bonds. The average molecular weight is 304 g/mol. The van der Waals surface area contributed by atoms with Crippen LogP contribution < -0.4 is 0 Å². The van der Waals surface area contributed by atoms with Gasteiger partial charge in [0.05, 0.1) is 16.1 Å². The zero-order valence-corrected chi connectivity index (χ0v) is 13.2. The molecule has 0 radical (unpaired) electrons. The molecular weight excluding hydrogens is 281 g/mol. The Morgan fingerprint density at radius 3 is 2.32 bits per heavy atom. The molecule has 0 saturated heterocycles. The minimum absolute atomic E-state index is 0.467. The van der Waals surface area contributed by atoms with Crippen LogP contribution >= 0.6 is 23.2 Å². The Balaban J connectivity index is 2.58. The normalized spacial score (nSPS) is 12.9. The molecule has 0 fully saturated rings. The summed E-state index contributed by atoms with van der Waals surface area (Å²) in [4.78, 5) is 2.38. The largest absolute Gasteiger partial charge is 0.388 e. The lowest BCUT2D eigenvalue weighted by atomic mass is 10.1. The van der Waals surface area contributed by atoms with E-state index in [0.29, 0.717) is 16.5 Å². The van der Waals surface area contributed by atoms with E-state index in [1.54, 1.807) is 6.07 Å². The fourth-order valence-corrected chi connectivity index (χ4v) is 2.64. The van der Waals surface area contributed by atoms with Gasteiger partial charge in [0.25, 0.3) is 0 Å². The molecule has 0 spiro atoms. The molecule has 0 saturated carbocycles. The number of hydrogen-bond acceptors (Lipinski definition) is 2. The van der Waals surface area contributed by atoms with Crippen LogP contribution in [0, 0.1) is 0 Å². The highest BCUT2D eigenvalue weighted by atomic mass is 35.5. The van der Waals surface area contributed by atoms with E-state index < -0.39 is 6.10 Å². The molecule has 1 aromatic rings. The predicted octanol–water partition coefficient (Wildman–Crippen LogP) is 4.54. The van der Waals surface area contributed by atoms with Gasteiger partial charge >= 0.3 is 0 Å². The molecule has 1 rings (SSSR count). The number of nitrogens with zero attached hydrogens (tertiary/aromatic N) is 1. The zero-order chi connectivity index (χ0) is 14.3. The molecule has 4 heteroatoms. The van der Waals surface area contributed by atoms with Crippen LogP contribution in [0.3, 0.4) is 0 Å². The van der Waals surface area contributed by atoms with Crippen molar-refractivity contribution in [1.29, 1.82) is 0 Å². The Labute approximate surface area is 126 Å². The molecular formula is C15H23Cl2NO. The first-order valence-electron chi connectivity index (χ1n) is 6.94. The summed E-state index contributed by atoms with van der Waals surface area (Å²) in [5.41, 5.74) is 0.724. The zero-order valence-electron chi connectivity index (χ0n) is 11.7. The Hall–Kier alpha value is -0.280. The van der Waals surface area contributed by atoms with Crippen molar-refractivity contribution in [2.75, 3.05) is 19.6 Å². The molecule has 2 nitrogen and oxygen atoms in total. The van der Waals surface area contributed by atoms with Crippen LogP contribution in [0.25, 0.3) is 0 Å². The van der Waals surface area contributed by atoms with Crippen LogP contribution in [0.15, 0.2) is 18.2 Å². The van der Waals surface area contributed by atoms with Crippen molar-refractivity contribution in [3.05, 3.63) is 33.8 Å². The third-order valence-electron chi connectivity index (χ3n) is 3.14. The number of hydrogen-bond donors (Lipinski definition) is 1. The fourth-order valence-electron chi connectivity index (χ4n) is 2.21. The minimum Gasteiger partial charge on any atom is -0.388 e. The van der Waals surface area contributed by atoms with Gasteiger partial charge in [-0.3, -0.25) is 0 Å². The highest BCUT2D eigenvalue weighted by Crippen LogP contribution is 2.31. The third-order valence-corrected chi connectivity index (χ3v) is 3.97. The predicted molar refractivity (Wildman–Crippen MR) is 83.1 cm³/mol. The number of aliphatic hydroxyl groups is 1. The van der Waals surface area contributed by atoms with Gasteiger partial charge in [0.15, 0.2) is 0 Å². The summed E-state index contributed by atoms with van der Waals surface area (Å²) in [6.07, 6.45) is 2.39.